The lowest BCUT2D eigenvalue weighted by Gasteiger charge is -2.35. The summed E-state index contributed by atoms with van der Waals surface area (Å²) in [5, 5.41) is 7.70. The first-order valence-electron chi connectivity index (χ1n) is 15.0. The highest BCUT2D eigenvalue weighted by Crippen LogP contribution is 2.23. The van der Waals surface area contributed by atoms with Gasteiger partial charge in [-0.2, -0.15) is 0 Å². The van der Waals surface area contributed by atoms with E-state index in [1.54, 1.807) is 52.8 Å². The van der Waals surface area contributed by atoms with E-state index in [-0.39, 0.29) is 5.92 Å². The van der Waals surface area contributed by atoms with Crippen LogP contribution in [-0.4, -0.2) is 70.4 Å². The van der Waals surface area contributed by atoms with Gasteiger partial charge in [0.2, 0.25) is 11.8 Å². The number of rotatable bonds is 3. The van der Waals surface area contributed by atoms with Gasteiger partial charge < -0.3 is 20.1 Å². The van der Waals surface area contributed by atoms with E-state index in [0.29, 0.717) is 30.6 Å². The second kappa shape index (κ2) is 14.0. The van der Waals surface area contributed by atoms with Crippen molar-refractivity contribution >= 4 is 46.6 Å². The number of hydrazine groups is 1. The average Bonchev–Trinajstić information content (AvgIpc) is 2.98. The smallest absolute Gasteiger partial charge is 0.325 e. The molecule has 2 aliphatic heterocycles. The summed E-state index contributed by atoms with van der Waals surface area (Å²) in [6.45, 7) is 10.1. The molecule has 3 heterocycles. The Kier molecular flexibility index (Phi) is 10.4. The quantitative estimate of drug-likeness (QED) is 0.447. The van der Waals surface area contributed by atoms with Gasteiger partial charge in [0.1, 0.15) is 30.3 Å². The molecule has 3 N–H and O–H groups in total. The minimum atomic E-state index is -0.978. The number of ether oxygens (including phenoxy) is 2. The van der Waals surface area contributed by atoms with Crippen LogP contribution >= 0.6 is 0 Å². The van der Waals surface area contributed by atoms with Gasteiger partial charge in [-0.15, -0.1) is 0 Å². The van der Waals surface area contributed by atoms with Crippen LogP contribution in [0.3, 0.4) is 0 Å². The summed E-state index contributed by atoms with van der Waals surface area (Å²) in [5.41, 5.74) is 4.91. The van der Waals surface area contributed by atoms with E-state index in [2.05, 4.69) is 16.1 Å². The Morgan fingerprint density at radius 2 is 1.77 bits per heavy atom. The number of nitrogens with zero attached hydrogens (tertiary/aromatic N) is 2. The maximum atomic E-state index is 13.6. The normalized spacial score (nSPS) is 26.2. The fourth-order valence-electron chi connectivity index (χ4n) is 5.30. The third-order valence-electron chi connectivity index (χ3n) is 7.82. The van der Waals surface area contributed by atoms with Crippen LogP contribution in [0.5, 0.6) is 0 Å². The molecule has 44 heavy (non-hydrogen) atoms. The number of fused-ring (bicyclic) bond motifs is 4. The number of cyclic esters (lactones) is 1. The molecule has 12 heteroatoms. The molecule has 3 amide bonds. The van der Waals surface area contributed by atoms with Crippen LogP contribution in [0.2, 0.25) is 0 Å². The van der Waals surface area contributed by atoms with Crippen molar-refractivity contribution in [2.45, 2.75) is 84.7 Å². The van der Waals surface area contributed by atoms with E-state index >= 15 is 0 Å². The Hall–Kier alpha value is -4.32. The number of carbonyl (C=O) groups excluding carboxylic acids is 5. The third-order valence-corrected chi connectivity index (χ3v) is 7.82. The molecule has 6 atom stereocenters. The van der Waals surface area contributed by atoms with E-state index in [4.69, 9.17) is 14.5 Å². The molecular formula is C32H41N5O7. The van der Waals surface area contributed by atoms with Gasteiger partial charge in [-0.25, -0.2) is 10.4 Å². The second-order valence-corrected chi connectivity index (χ2v) is 11.7. The predicted octanol–water partition coefficient (Wildman–Crippen LogP) is 2.57. The number of nitrogens with one attached hydrogen (secondary N) is 3. The number of esters is 2. The van der Waals surface area contributed by atoms with Gasteiger partial charge in [-0.05, 0) is 57.2 Å². The van der Waals surface area contributed by atoms with Gasteiger partial charge in [0.05, 0.1) is 17.1 Å². The molecule has 1 aromatic heterocycles. The van der Waals surface area contributed by atoms with E-state index in [1.807, 2.05) is 24.3 Å². The Morgan fingerprint density at radius 3 is 2.48 bits per heavy atom. The molecule has 0 radical (unpaired) electrons. The van der Waals surface area contributed by atoms with Crippen molar-refractivity contribution in [1.82, 2.24) is 26.1 Å². The average molecular weight is 608 g/mol. The second-order valence-electron chi connectivity index (χ2n) is 11.7. The first-order chi connectivity index (χ1) is 20.8. The molecule has 1 saturated heterocycles. The highest BCUT2D eigenvalue weighted by Gasteiger charge is 2.35. The van der Waals surface area contributed by atoms with Gasteiger partial charge >= 0.3 is 11.9 Å². The first kappa shape index (κ1) is 32.6. The van der Waals surface area contributed by atoms with Gasteiger partial charge in [0.15, 0.2) is 0 Å². The van der Waals surface area contributed by atoms with Gasteiger partial charge in [0, 0.05) is 18.9 Å². The number of benzene rings is 1. The fourth-order valence-corrected chi connectivity index (χ4v) is 5.30. The Balaban J connectivity index is 1.74. The number of carbonyl (C=O) groups is 5. The summed E-state index contributed by atoms with van der Waals surface area (Å²) < 4.78 is 11.1. The zero-order valence-corrected chi connectivity index (χ0v) is 26.0. The molecule has 2 aliphatic rings. The Morgan fingerprint density at radius 1 is 1.05 bits per heavy atom. The zero-order valence-electron chi connectivity index (χ0n) is 26.0. The molecule has 236 valence electrons. The summed E-state index contributed by atoms with van der Waals surface area (Å²) in [6, 6.07) is 6.61. The maximum Gasteiger partial charge on any atom is 0.325 e. The summed E-state index contributed by atoms with van der Waals surface area (Å²) in [5.74, 6) is -3.79. The number of hydrogen-bond acceptors (Lipinski definition) is 9. The molecule has 0 spiro atoms. The lowest BCUT2D eigenvalue weighted by molar-refractivity contribution is -0.157. The van der Waals surface area contributed by atoms with Crippen molar-refractivity contribution in [2.24, 2.45) is 11.8 Å². The number of amides is 3. The van der Waals surface area contributed by atoms with Crippen LogP contribution in [-0.2, 0) is 33.4 Å². The molecule has 0 aliphatic carbocycles. The minimum absolute atomic E-state index is 0.327. The van der Waals surface area contributed by atoms with Crippen LogP contribution in [0, 0.1) is 11.8 Å². The summed E-state index contributed by atoms with van der Waals surface area (Å²) in [4.78, 5) is 69.8. The van der Waals surface area contributed by atoms with Crippen LogP contribution in [0.15, 0.2) is 36.4 Å². The third kappa shape index (κ3) is 7.79. The lowest BCUT2D eigenvalue weighted by Crippen LogP contribution is -2.61. The van der Waals surface area contributed by atoms with Crippen LogP contribution in [0.25, 0.3) is 17.0 Å². The molecule has 0 saturated carbocycles. The van der Waals surface area contributed by atoms with E-state index in [0.717, 1.165) is 10.9 Å². The monoisotopic (exact) mass is 607 g/mol. The fraction of sp³-hybridized carbons (Fsp3) is 0.500. The molecule has 1 fully saturated rings. The Labute approximate surface area is 256 Å². The predicted molar refractivity (Wildman–Crippen MR) is 162 cm³/mol. The highest BCUT2D eigenvalue weighted by molar-refractivity contribution is 5.93. The SMILES string of the molecule is CC(=O)O[C@@H](C)[C@H]1C=Cc2ccc3ccc(nc3c2)[C@@H](C)OC(=O)[C@@H]2CCCN(N2)C(=O)[C@H](C)NC(=O)[C@H](C(C)C)NC1=O. The van der Waals surface area contributed by atoms with Crippen LogP contribution < -0.4 is 16.1 Å². The summed E-state index contributed by atoms with van der Waals surface area (Å²) >= 11 is 0. The highest BCUT2D eigenvalue weighted by atomic mass is 16.5. The Bertz CT molecular complexity index is 1460. The number of hydrogen-bond donors (Lipinski definition) is 3. The van der Waals surface area contributed by atoms with E-state index in [9.17, 15) is 24.0 Å². The van der Waals surface area contributed by atoms with Crippen LogP contribution in [0.4, 0.5) is 0 Å². The summed E-state index contributed by atoms with van der Waals surface area (Å²) in [7, 11) is 0. The van der Waals surface area contributed by atoms with Crippen molar-refractivity contribution in [3.63, 3.8) is 0 Å². The van der Waals surface area contributed by atoms with Crippen molar-refractivity contribution in [3.8, 4) is 0 Å². The molecule has 12 nitrogen and oxygen atoms in total. The topological polar surface area (TPSA) is 156 Å². The molecule has 0 unspecified atom stereocenters. The molecule has 2 aromatic rings. The molecular weight excluding hydrogens is 566 g/mol. The van der Waals surface area contributed by atoms with Crippen molar-refractivity contribution in [1.29, 1.82) is 0 Å². The summed E-state index contributed by atoms with van der Waals surface area (Å²) in [6.07, 6.45) is 2.91. The van der Waals surface area contributed by atoms with Gasteiger partial charge in [-0.3, -0.25) is 29.0 Å². The standard InChI is InChI=1S/C32H41N5O7/c1-17(2)28-30(40)33-18(3)31(41)37-15-7-8-26(36-37)32(42)44-20(5)25-14-12-23-11-9-22(16-27(23)34-25)10-13-24(29(39)35-28)19(4)43-21(6)38/h9-14,16-20,24,26,28,36H,7-8,15H2,1-6H3,(H,33,40)(H,35,39)/t18-,19-,20+,24+,26-,28-/m0/s1. The van der Waals surface area contributed by atoms with Gasteiger partial charge in [0.25, 0.3) is 5.91 Å². The van der Waals surface area contributed by atoms with Gasteiger partial charge in [-0.1, -0.05) is 44.2 Å². The van der Waals surface area contributed by atoms with E-state index in [1.165, 1.54) is 11.9 Å². The van der Waals surface area contributed by atoms with Crippen molar-refractivity contribution in [3.05, 3.63) is 47.7 Å². The molecule has 1 aromatic carbocycles. The number of aromatic nitrogens is 1. The first-order valence-corrected chi connectivity index (χ1v) is 15.0. The van der Waals surface area contributed by atoms with E-state index < -0.39 is 65.9 Å². The molecule has 5 bridgehead atoms. The largest absolute Gasteiger partial charge is 0.462 e. The van der Waals surface area contributed by atoms with Crippen LogP contribution in [0.1, 0.15) is 71.7 Å². The van der Waals surface area contributed by atoms with Crippen molar-refractivity contribution < 1.29 is 33.4 Å². The molecule has 4 rings (SSSR count). The maximum absolute atomic E-state index is 13.6. The lowest BCUT2D eigenvalue weighted by atomic mass is 9.97. The zero-order chi connectivity index (χ0) is 32.1. The van der Waals surface area contributed by atoms with Crippen molar-refractivity contribution in [2.75, 3.05) is 6.54 Å². The minimum Gasteiger partial charge on any atom is -0.462 e. The number of pyridine rings is 1.